The van der Waals surface area contributed by atoms with Crippen LogP contribution in [-0.4, -0.2) is 15.9 Å². The third-order valence-corrected chi connectivity index (χ3v) is 2.64. The number of carbonyl (C=O) groups excluding carboxylic acids is 1. The molecule has 0 saturated carbocycles. The summed E-state index contributed by atoms with van der Waals surface area (Å²) >= 11 is 0. The minimum absolute atomic E-state index is 0.239. The van der Waals surface area contributed by atoms with E-state index in [0.29, 0.717) is 5.82 Å². The molecule has 1 heterocycles. The van der Waals surface area contributed by atoms with E-state index in [9.17, 15) is 4.79 Å². The van der Waals surface area contributed by atoms with Gasteiger partial charge in [0.25, 0.3) is 5.91 Å². The highest BCUT2D eigenvalue weighted by Crippen LogP contribution is 2.12. The van der Waals surface area contributed by atoms with Crippen molar-refractivity contribution < 1.29 is 4.79 Å². The van der Waals surface area contributed by atoms with E-state index in [1.165, 1.54) is 0 Å². The second-order valence-corrected chi connectivity index (χ2v) is 3.92. The lowest BCUT2D eigenvalue weighted by atomic mass is 10.3. The van der Waals surface area contributed by atoms with Gasteiger partial charge in [0.15, 0.2) is 5.82 Å². The average Bonchev–Trinajstić information content (AvgIpc) is 2.84. The summed E-state index contributed by atoms with van der Waals surface area (Å²) in [6, 6.07) is 16.9. The summed E-state index contributed by atoms with van der Waals surface area (Å²) in [4.78, 5) is 19.2. The molecule has 2 N–H and O–H groups in total. The molecule has 4 nitrogen and oxygen atoms in total. The van der Waals surface area contributed by atoms with Crippen LogP contribution in [0.25, 0.3) is 11.0 Å². The van der Waals surface area contributed by atoms with Crippen molar-refractivity contribution in [3.05, 3.63) is 60.4 Å². The topological polar surface area (TPSA) is 57.8 Å². The Hall–Kier alpha value is -2.62. The molecular weight excluding hydrogens is 226 g/mol. The number of nitrogens with one attached hydrogen (secondary N) is 2. The van der Waals surface area contributed by atoms with Gasteiger partial charge in [-0.15, -0.1) is 0 Å². The number of hydrogen-bond donors (Lipinski definition) is 2. The van der Waals surface area contributed by atoms with E-state index in [-0.39, 0.29) is 5.91 Å². The number of aromatic amines is 1. The molecule has 0 aliphatic carbocycles. The zero-order valence-corrected chi connectivity index (χ0v) is 9.55. The van der Waals surface area contributed by atoms with Gasteiger partial charge in [0, 0.05) is 5.69 Å². The highest BCUT2D eigenvalue weighted by molar-refractivity contribution is 6.03. The molecule has 18 heavy (non-hydrogen) atoms. The van der Waals surface area contributed by atoms with Crippen molar-refractivity contribution in [2.75, 3.05) is 5.32 Å². The van der Waals surface area contributed by atoms with Gasteiger partial charge < -0.3 is 10.3 Å². The Kier molecular flexibility index (Phi) is 2.53. The SMILES string of the molecule is O=C(Nc1ccccc1)c1nc2ccccc2[nH]1. The second-order valence-electron chi connectivity index (χ2n) is 3.92. The maximum atomic E-state index is 12.0. The zero-order chi connectivity index (χ0) is 12.4. The van der Waals surface area contributed by atoms with Crippen LogP contribution >= 0.6 is 0 Å². The monoisotopic (exact) mass is 237 g/mol. The fraction of sp³-hybridized carbons (Fsp3) is 0. The van der Waals surface area contributed by atoms with Crippen molar-refractivity contribution in [3.63, 3.8) is 0 Å². The molecule has 0 radical (unpaired) electrons. The van der Waals surface area contributed by atoms with Gasteiger partial charge in [0.2, 0.25) is 0 Å². The molecule has 0 bridgehead atoms. The number of aromatic nitrogens is 2. The quantitative estimate of drug-likeness (QED) is 0.720. The van der Waals surface area contributed by atoms with Gasteiger partial charge in [-0.05, 0) is 24.3 Å². The van der Waals surface area contributed by atoms with Gasteiger partial charge >= 0.3 is 0 Å². The van der Waals surface area contributed by atoms with Crippen LogP contribution in [0.5, 0.6) is 0 Å². The fourth-order valence-corrected chi connectivity index (χ4v) is 1.77. The van der Waals surface area contributed by atoms with Crippen molar-refractivity contribution in [3.8, 4) is 0 Å². The predicted molar refractivity (Wildman–Crippen MR) is 70.5 cm³/mol. The Morgan fingerprint density at radius 3 is 2.50 bits per heavy atom. The molecule has 0 unspecified atom stereocenters. The normalized spacial score (nSPS) is 10.4. The zero-order valence-electron chi connectivity index (χ0n) is 9.55. The smallest absolute Gasteiger partial charge is 0.291 e. The van der Waals surface area contributed by atoms with Crippen LogP contribution in [0.3, 0.4) is 0 Å². The first-order valence-corrected chi connectivity index (χ1v) is 5.64. The largest absolute Gasteiger partial charge is 0.334 e. The van der Waals surface area contributed by atoms with E-state index in [1.54, 1.807) is 0 Å². The number of imidazole rings is 1. The molecule has 3 aromatic rings. The fourth-order valence-electron chi connectivity index (χ4n) is 1.77. The second kappa shape index (κ2) is 4.33. The summed E-state index contributed by atoms with van der Waals surface area (Å²) < 4.78 is 0. The first-order valence-electron chi connectivity index (χ1n) is 5.64. The number of anilines is 1. The van der Waals surface area contributed by atoms with E-state index in [2.05, 4.69) is 15.3 Å². The van der Waals surface area contributed by atoms with Crippen molar-refractivity contribution >= 4 is 22.6 Å². The highest BCUT2D eigenvalue weighted by Gasteiger charge is 2.10. The number of hydrogen-bond acceptors (Lipinski definition) is 2. The number of nitrogens with zero attached hydrogens (tertiary/aromatic N) is 1. The van der Waals surface area contributed by atoms with Gasteiger partial charge in [0.1, 0.15) is 0 Å². The van der Waals surface area contributed by atoms with Crippen molar-refractivity contribution in [1.82, 2.24) is 9.97 Å². The molecule has 4 heteroatoms. The van der Waals surface area contributed by atoms with E-state index < -0.39 is 0 Å². The van der Waals surface area contributed by atoms with Gasteiger partial charge in [-0.25, -0.2) is 4.98 Å². The third-order valence-electron chi connectivity index (χ3n) is 2.64. The van der Waals surface area contributed by atoms with Crippen LogP contribution in [0.1, 0.15) is 10.6 Å². The first-order chi connectivity index (χ1) is 8.83. The van der Waals surface area contributed by atoms with Crippen LogP contribution < -0.4 is 5.32 Å². The summed E-state index contributed by atoms with van der Waals surface area (Å²) in [7, 11) is 0. The molecule has 88 valence electrons. The van der Waals surface area contributed by atoms with Gasteiger partial charge in [0.05, 0.1) is 11.0 Å². The number of benzene rings is 2. The molecule has 0 fully saturated rings. The van der Waals surface area contributed by atoms with Crippen LogP contribution in [0.2, 0.25) is 0 Å². The Morgan fingerprint density at radius 2 is 1.72 bits per heavy atom. The Morgan fingerprint density at radius 1 is 1.00 bits per heavy atom. The third kappa shape index (κ3) is 1.96. The number of H-pyrrole nitrogens is 1. The summed E-state index contributed by atoms with van der Waals surface area (Å²) in [6.07, 6.45) is 0. The minimum Gasteiger partial charge on any atom is -0.334 e. The minimum atomic E-state index is -0.239. The lowest BCUT2D eigenvalue weighted by Crippen LogP contribution is -2.13. The van der Waals surface area contributed by atoms with Crippen molar-refractivity contribution in [1.29, 1.82) is 0 Å². The maximum Gasteiger partial charge on any atom is 0.291 e. The number of amides is 1. The molecule has 0 aliphatic heterocycles. The molecule has 0 saturated heterocycles. The predicted octanol–water partition coefficient (Wildman–Crippen LogP) is 2.82. The van der Waals surface area contributed by atoms with Crippen molar-refractivity contribution in [2.24, 2.45) is 0 Å². The van der Waals surface area contributed by atoms with E-state index in [1.807, 2.05) is 54.6 Å². The molecule has 1 amide bonds. The van der Waals surface area contributed by atoms with E-state index in [0.717, 1.165) is 16.7 Å². The Balaban J connectivity index is 1.88. The average molecular weight is 237 g/mol. The molecule has 2 aromatic carbocycles. The van der Waals surface area contributed by atoms with Crippen LogP contribution in [-0.2, 0) is 0 Å². The molecule has 0 spiro atoms. The number of carbonyl (C=O) groups is 1. The van der Waals surface area contributed by atoms with Gasteiger partial charge in [-0.2, -0.15) is 0 Å². The summed E-state index contributed by atoms with van der Waals surface area (Å²) in [6.45, 7) is 0. The standard InChI is InChI=1S/C14H11N3O/c18-14(15-10-6-2-1-3-7-10)13-16-11-8-4-5-9-12(11)17-13/h1-9H,(H,15,18)(H,16,17). The first kappa shape index (κ1) is 10.5. The number of para-hydroxylation sites is 3. The summed E-state index contributed by atoms with van der Waals surface area (Å²) in [5, 5.41) is 2.79. The maximum absolute atomic E-state index is 12.0. The summed E-state index contributed by atoms with van der Waals surface area (Å²) in [5.74, 6) is 0.0810. The number of fused-ring (bicyclic) bond motifs is 1. The Labute approximate surface area is 104 Å². The molecule has 0 aliphatic rings. The number of rotatable bonds is 2. The molecule has 1 aromatic heterocycles. The highest BCUT2D eigenvalue weighted by atomic mass is 16.2. The van der Waals surface area contributed by atoms with Crippen LogP contribution in [0, 0.1) is 0 Å². The Bertz CT molecular complexity index is 655. The lowest BCUT2D eigenvalue weighted by Gasteiger charge is -2.01. The van der Waals surface area contributed by atoms with E-state index in [4.69, 9.17) is 0 Å². The summed E-state index contributed by atoms with van der Waals surface area (Å²) in [5.41, 5.74) is 2.40. The van der Waals surface area contributed by atoms with Gasteiger partial charge in [-0.1, -0.05) is 30.3 Å². The molecular formula is C14H11N3O. The molecule has 0 atom stereocenters. The van der Waals surface area contributed by atoms with Crippen LogP contribution in [0.4, 0.5) is 5.69 Å². The van der Waals surface area contributed by atoms with E-state index >= 15 is 0 Å². The van der Waals surface area contributed by atoms with Crippen molar-refractivity contribution in [2.45, 2.75) is 0 Å². The van der Waals surface area contributed by atoms with Gasteiger partial charge in [-0.3, -0.25) is 4.79 Å². The molecule has 3 rings (SSSR count). The lowest BCUT2D eigenvalue weighted by molar-refractivity contribution is 0.101. The van der Waals surface area contributed by atoms with Crippen LogP contribution in [0.15, 0.2) is 54.6 Å².